The van der Waals surface area contributed by atoms with Crippen molar-refractivity contribution in [3.05, 3.63) is 70.2 Å². The highest BCUT2D eigenvalue weighted by Gasteiger charge is 2.16. The zero-order valence-corrected chi connectivity index (χ0v) is 19.6. The van der Waals surface area contributed by atoms with Crippen molar-refractivity contribution in [1.29, 1.82) is 0 Å². The number of aromatic nitrogens is 3. The maximum absolute atomic E-state index is 12.9. The van der Waals surface area contributed by atoms with Crippen LogP contribution in [-0.2, 0) is 6.54 Å². The van der Waals surface area contributed by atoms with E-state index < -0.39 is 0 Å². The second-order valence-corrected chi connectivity index (χ2v) is 9.25. The molecule has 1 aliphatic heterocycles. The third-order valence-corrected chi connectivity index (χ3v) is 6.74. The number of hydrogen-bond acceptors (Lipinski definition) is 7. The van der Waals surface area contributed by atoms with Gasteiger partial charge in [0.05, 0.1) is 17.6 Å². The van der Waals surface area contributed by atoms with Gasteiger partial charge in [0, 0.05) is 59.5 Å². The zero-order valence-electron chi connectivity index (χ0n) is 18.7. The monoisotopic (exact) mass is 475 g/mol. The molecular weight excluding hydrogens is 450 g/mol. The molecule has 2 aromatic carbocycles. The van der Waals surface area contributed by atoms with Crippen LogP contribution in [0.2, 0.25) is 0 Å². The van der Waals surface area contributed by atoms with Crippen molar-refractivity contribution in [2.75, 3.05) is 43.4 Å². The van der Waals surface area contributed by atoms with Crippen LogP contribution >= 0.6 is 11.3 Å². The molecule has 2 amide bonds. The van der Waals surface area contributed by atoms with Crippen LogP contribution < -0.4 is 15.5 Å². The molecule has 0 unspecified atom stereocenters. The summed E-state index contributed by atoms with van der Waals surface area (Å²) in [6, 6.07) is 12.9. The van der Waals surface area contributed by atoms with E-state index in [1.165, 1.54) is 11.3 Å². The first-order valence-corrected chi connectivity index (χ1v) is 11.9. The standard InChI is InChI=1S/C24H25N7O2S/c1-30-8-10-31(11-9-30)18-5-2-16(3-6-18)24(33)27-22-20-12-17(4-7-21(20)28-29-22)23(32)26-14-19-13-25-15-34-19/h2-7,12-13,15H,8-11,14H2,1H3,(H,26,32)(H2,27,28,29,33). The van der Waals surface area contributed by atoms with Gasteiger partial charge in [0.15, 0.2) is 5.82 Å². The van der Waals surface area contributed by atoms with Crippen LogP contribution in [-0.4, -0.2) is 65.1 Å². The van der Waals surface area contributed by atoms with Crippen LogP contribution in [0.3, 0.4) is 0 Å². The Hall–Kier alpha value is -3.76. The number of carbonyl (C=O) groups is 2. The third-order valence-electron chi connectivity index (χ3n) is 5.96. The molecular formula is C24H25N7O2S. The van der Waals surface area contributed by atoms with E-state index in [9.17, 15) is 9.59 Å². The number of anilines is 2. The van der Waals surface area contributed by atoms with E-state index in [0.717, 1.165) is 42.3 Å². The fourth-order valence-electron chi connectivity index (χ4n) is 3.92. The molecule has 0 aliphatic carbocycles. The molecule has 0 saturated carbocycles. The number of fused-ring (bicyclic) bond motifs is 1. The minimum Gasteiger partial charge on any atom is -0.369 e. The number of hydrogen-bond donors (Lipinski definition) is 3. The first kappa shape index (κ1) is 22.1. The molecule has 3 N–H and O–H groups in total. The largest absolute Gasteiger partial charge is 0.369 e. The fourth-order valence-corrected chi connectivity index (χ4v) is 4.45. The number of carbonyl (C=O) groups excluding carboxylic acids is 2. The average molecular weight is 476 g/mol. The summed E-state index contributed by atoms with van der Waals surface area (Å²) in [5.74, 6) is -0.0631. The summed E-state index contributed by atoms with van der Waals surface area (Å²) in [5, 5.41) is 13.6. The van der Waals surface area contributed by atoms with Crippen LogP contribution in [0, 0.1) is 0 Å². The number of thiazole rings is 1. The van der Waals surface area contributed by atoms with Crippen LogP contribution in [0.5, 0.6) is 0 Å². The number of rotatable bonds is 6. The van der Waals surface area contributed by atoms with E-state index in [4.69, 9.17) is 0 Å². The molecule has 1 fully saturated rings. The van der Waals surface area contributed by atoms with Crippen LogP contribution in [0.15, 0.2) is 54.2 Å². The predicted octanol–water partition coefficient (Wildman–Crippen LogP) is 2.95. The number of benzene rings is 2. The molecule has 0 spiro atoms. The molecule has 4 aromatic rings. The van der Waals surface area contributed by atoms with Gasteiger partial charge < -0.3 is 20.4 Å². The van der Waals surface area contributed by atoms with Gasteiger partial charge in [-0.05, 0) is 49.5 Å². The number of nitrogens with one attached hydrogen (secondary N) is 3. The Morgan fingerprint density at radius 3 is 2.53 bits per heavy atom. The highest BCUT2D eigenvalue weighted by atomic mass is 32.1. The number of amides is 2. The van der Waals surface area contributed by atoms with Crippen molar-refractivity contribution >= 4 is 45.6 Å². The van der Waals surface area contributed by atoms with E-state index in [1.54, 1.807) is 29.9 Å². The van der Waals surface area contributed by atoms with Crippen molar-refractivity contribution in [1.82, 2.24) is 25.4 Å². The summed E-state index contributed by atoms with van der Waals surface area (Å²) in [6.07, 6.45) is 1.73. The van der Waals surface area contributed by atoms with Gasteiger partial charge in [-0.3, -0.25) is 19.7 Å². The van der Waals surface area contributed by atoms with Crippen LogP contribution in [0.4, 0.5) is 11.5 Å². The Balaban J connectivity index is 1.27. The summed E-state index contributed by atoms with van der Waals surface area (Å²) in [7, 11) is 2.13. The van der Waals surface area contributed by atoms with Gasteiger partial charge in [-0.1, -0.05) is 0 Å². The van der Waals surface area contributed by atoms with Crippen molar-refractivity contribution in [3.63, 3.8) is 0 Å². The molecule has 174 valence electrons. The Morgan fingerprint density at radius 2 is 1.79 bits per heavy atom. The molecule has 2 aromatic heterocycles. The number of piperazine rings is 1. The van der Waals surface area contributed by atoms with Gasteiger partial charge in [0.25, 0.3) is 11.8 Å². The third kappa shape index (κ3) is 4.78. The number of H-pyrrole nitrogens is 1. The second kappa shape index (κ2) is 9.62. The normalized spacial score (nSPS) is 14.3. The van der Waals surface area contributed by atoms with Crippen LogP contribution in [0.1, 0.15) is 25.6 Å². The first-order valence-electron chi connectivity index (χ1n) is 11.1. The molecule has 1 saturated heterocycles. The van der Waals surface area contributed by atoms with Crippen molar-refractivity contribution in [2.45, 2.75) is 6.54 Å². The molecule has 0 atom stereocenters. The maximum Gasteiger partial charge on any atom is 0.256 e. The lowest BCUT2D eigenvalue weighted by atomic mass is 10.1. The Labute approximate surface area is 200 Å². The minimum atomic E-state index is -0.252. The van der Waals surface area contributed by atoms with Gasteiger partial charge >= 0.3 is 0 Å². The second-order valence-electron chi connectivity index (χ2n) is 8.27. The lowest BCUT2D eigenvalue weighted by Crippen LogP contribution is -2.44. The van der Waals surface area contributed by atoms with E-state index >= 15 is 0 Å². The minimum absolute atomic E-state index is 0.201. The predicted molar refractivity (Wildman–Crippen MR) is 133 cm³/mol. The van der Waals surface area contributed by atoms with E-state index in [-0.39, 0.29) is 11.8 Å². The van der Waals surface area contributed by atoms with Gasteiger partial charge in [-0.2, -0.15) is 5.10 Å². The topological polar surface area (TPSA) is 106 Å². The van der Waals surface area contributed by atoms with E-state index in [2.05, 4.69) is 42.7 Å². The molecule has 9 nitrogen and oxygen atoms in total. The molecule has 0 radical (unpaired) electrons. The smallest absolute Gasteiger partial charge is 0.256 e. The summed E-state index contributed by atoms with van der Waals surface area (Å²) in [5.41, 5.74) is 4.62. The van der Waals surface area contributed by atoms with Crippen LogP contribution in [0.25, 0.3) is 10.9 Å². The fraction of sp³-hybridized carbons (Fsp3) is 0.250. The molecule has 34 heavy (non-hydrogen) atoms. The lowest BCUT2D eigenvalue weighted by molar-refractivity contribution is 0.0950. The highest BCUT2D eigenvalue weighted by Crippen LogP contribution is 2.23. The maximum atomic E-state index is 12.9. The van der Waals surface area contributed by atoms with Gasteiger partial charge in [-0.25, -0.2) is 0 Å². The summed E-state index contributed by atoms with van der Waals surface area (Å²) in [4.78, 5) is 35.1. The number of aromatic amines is 1. The lowest BCUT2D eigenvalue weighted by Gasteiger charge is -2.34. The van der Waals surface area contributed by atoms with E-state index in [0.29, 0.717) is 28.9 Å². The van der Waals surface area contributed by atoms with Crippen molar-refractivity contribution < 1.29 is 9.59 Å². The Bertz CT molecular complexity index is 1290. The molecule has 3 heterocycles. The SMILES string of the molecule is CN1CCN(c2ccc(C(=O)Nc3n[nH]c4ccc(C(=O)NCc5cncs5)cc34)cc2)CC1. The van der Waals surface area contributed by atoms with E-state index in [1.807, 2.05) is 24.3 Å². The summed E-state index contributed by atoms with van der Waals surface area (Å²) in [6.45, 7) is 4.42. The molecule has 1 aliphatic rings. The quantitative estimate of drug-likeness (QED) is 0.396. The van der Waals surface area contributed by atoms with Gasteiger partial charge in [-0.15, -0.1) is 11.3 Å². The van der Waals surface area contributed by atoms with Crippen molar-refractivity contribution in [3.8, 4) is 0 Å². The van der Waals surface area contributed by atoms with Crippen molar-refractivity contribution in [2.24, 2.45) is 0 Å². The first-order chi connectivity index (χ1) is 16.6. The Kier molecular flexibility index (Phi) is 6.24. The highest BCUT2D eigenvalue weighted by molar-refractivity contribution is 7.09. The number of likely N-dealkylation sites (N-methyl/N-ethyl adjacent to an activating group) is 1. The summed E-state index contributed by atoms with van der Waals surface area (Å²) < 4.78 is 0. The van der Waals surface area contributed by atoms with Gasteiger partial charge in [0.2, 0.25) is 0 Å². The molecule has 10 heteroatoms. The molecule has 0 bridgehead atoms. The molecule has 5 rings (SSSR count). The zero-order chi connectivity index (χ0) is 23.5. The summed E-state index contributed by atoms with van der Waals surface area (Å²) >= 11 is 1.49. The Morgan fingerprint density at radius 1 is 1.03 bits per heavy atom. The number of nitrogens with zero attached hydrogens (tertiary/aromatic N) is 4. The average Bonchev–Trinajstić information content (AvgIpc) is 3.53. The van der Waals surface area contributed by atoms with Gasteiger partial charge in [0.1, 0.15) is 0 Å².